The molecule has 1 aromatic heterocycles. The summed E-state index contributed by atoms with van der Waals surface area (Å²) in [6.07, 6.45) is 3.65. The van der Waals surface area contributed by atoms with E-state index in [9.17, 15) is 4.79 Å². The summed E-state index contributed by atoms with van der Waals surface area (Å²) in [6, 6.07) is 8.38. The molecule has 1 amide bonds. The van der Waals surface area contributed by atoms with Gasteiger partial charge in [0, 0.05) is 57.0 Å². The fourth-order valence-electron chi connectivity index (χ4n) is 4.81. The number of para-hydroxylation sites is 1. The Kier molecular flexibility index (Phi) is 6.94. The highest BCUT2D eigenvalue weighted by atomic mass is 16.5. The lowest BCUT2D eigenvalue weighted by atomic mass is 9.95. The van der Waals surface area contributed by atoms with E-state index >= 15 is 0 Å². The summed E-state index contributed by atoms with van der Waals surface area (Å²) in [5, 5.41) is 3.70. The van der Waals surface area contributed by atoms with Gasteiger partial charge in [0.2, 0.25) is 5.91 Å². The molecule has 32 heavy (non-hydrogen) atoms. The first kappa shape index (κ1) is 22.5. The van der Waals surface area contributed by atoms with Crippen LogP contribution >= 0.6 is 0 Å². The highest BCUT2D eigenvalue weighted by Gasteiger charge is 2.28. The second-order valence-electron chi connectivity index (χ2n) is 9.19. The molecule has 0 spiro atoms. The summed E-state index contributed by atoms with van der Waals surface area (Å²) in [6.45, 7) is 7.30. The molecule has 4 rings (SSSR count). The molecule has 0 bridgehead atoms. The minimum Gasteiger partial charge on any atom is -0.496 e. The smallest absolute Gasteiger partial charge is 0.219 e. The number of hydrogen-bond acceptors (Lipinski definition) is 6. The van der Waals surface area contributed by atoms with Crippen molar-refractivity contribution in [2.45, 2.75) is 58.0 Å². The van der Waals surface area contributed by atoms with E-state index in [0.29, 0.717) is 5.92 Å². The maximum absolute atomic E-state index is 11.7. The summed E-state index contributed by atoms with van der Waals surface area (Å²) in [4.78, 5) is 26.0. The molecule has 1 N–H and O–H groups in total. The number of ether oxygens (including phenoxy) is 1. The Morgan fingerprint density at radius 2 is 1.97 bits per heavy atom. The van der Waals surface area contributed by atoms with Crippen LogP contribution in [0.1, 0.15) is 55.3 Å². The number of methoxy groups -OCH3 is 1. The molecule has 1 saturated heterocycles. The number of likely N-dealkylation sites (tertiary alicyclic amines) is 1. The molecule has 2 aliphatic heterocycles. The number of hydrogen-bond donors (Lipinski definition) is 1. The van der Waals surface area contributed by atoms with E-state index in [1.165, 1.54) is 16.8 Å². The van der Waals surface area contributed by atoms with E-state index in [-0.39, 0.29) is 11.9 Å². The van der Waals surface area contributed by atoms with Crippen LogP contribution in [0, 0.1) is 0 Å². The van der Waals surface area contributed by atoms with Gasteiger partial charge in [0.05, 0.1) is 12.8 Å². The average Bonchev–Trinajstić information content (AvgIpc) is 2.79. The highest BCUT2D eigenvalue weighted by molar-refractivity contribution is 5.73. The number of anilines is 1. The number of nitrogens with zero attached hydrogens (tertiary/aromatic N) is 4. The Hall–Kier alpha value is -2.67. The van der Waals surface area contributed by atoms with Crippen LogP contribution in [0.4, 0.5) is 5.82 Å². The van der Waals surface area contributed by atoms with Crippen LogP contribution in [-0.4, -0.2) is 65.5 Å². The van der Waals surface area contributed by atoms with Gasteiger partial charge in [-0.15, -0.1) is 0 Å². The van der Waals surface area contributed by atoms with Crippen molar-refractivity contribution in [3.63, 3.8) is 0 Å². The molecule has 2 aliphatic rings. The fraction of sp³-hybridized carbons (Fsp3) is 0.560. The zero-order valence-corrected chi connectivity index (χ0v) is 19.7. The predicted octanol–water partition coefficient (Wildman–Crippen LogP) is 3.24. The van der Waals surface area contributed by atoms with Gasteiger partial charge in [-0.25, -0.2) is 9.97 Å². The van der Waals surface area contributed by atoms with Crippen LogP contribution < -0.4 is 10.1 Å². The average molecular weight is 438 g/mol. The predicted molar refractivity (Wildman–Crippen MR) is 126 cm³/mol. The molecule has 0 radical (unpaired) electrons. The van der Waals surface area contributed by atoms with Crippen LogP contribution in [0.25, 0.3) is 0 Å². The van der Waals surface area contributed by atoms with Gasteiger partial charge in [-0.2, -0.15) is 0 Å². The van der Waals surface area contributed by atoms with Crippen molar-refractivity contribution in [2.24, 2.45) is 0 Å². The molecule has 7 nitrogen and oxygen atoms in total. The van der Waals surface area contributed by atoms with Gasteiger partial charge < -0.3 is 19.9 Å². The van der Waals surface area contributed by atoms with Gasteiger partial charge >= 0.3 is 0 Å². The molecule has 0 saturated carbocycles. The molecule has 2 aromatic rings. The van der Waals surface area contributed by atoms with E-state index < -0.39 is 0 Å². The second-order valence-corrected chi connectivity index (χ2v) is 9.19. The lowest BCUT2D eigenvalue weighted by Crippen LogP contribution is -2.37. The van der Waals surface area contributed by atoms with Gasteiger partial charge in [-0.1, -0.05) is 18.2 Å². The number of piperidine rings is 1. The Bertz CT molecular complexity index is 955. The fourth-order valence-corrected chi connectivity index (χ4v) is 4.81. The Morgan fingerprint density at radius 1 is 1.22 bits per heavy atom. The number of nitrogens with one attached hydrogen (secondary N) is 1. The molecule has 0 unspecified atom stereocenters. The first-order valence-electron chi connectivity index (χ1n) is 11.7. The number of fused-ring (bicyclic) bond motifs is 1. The van der Waals surface area contributed by atoms with Crippen molar-refractivity contribution in [1.82, 2.24) is 19.8 Å². The zero-order valence-electron chi connectivity index (χ0n) is 19.7. The maximum Gasteiger partial charge on any atom is 0.219 e. The van der Waals surface area contributed by atoms with Gasteiger partial charge in [-0.3, -0.25) is 4.79 Å². The van der Waals surface area contributed by atoms with Crippen molar-refractivity contribution < 1.29 is 9.53 Å². The van der Waals surface area contributed by atoms with Crippen LogP contribution in [0.5, 0.6) is 5.75 Å². The Labute approximate surface area is 191 Å². The third kappa shape index (κ3) is 5.04. The summed E-state index contributed by atoms with van der Waals surface area (Å²) in [7, 11) is 3.87. The van der Waals surface area contributed by atoms with Crippen molar-refractivity contribution in [2.75, 3.05) is 39.1 Å². The molecule has 172 valence electrons. The number of carbonyl (C=O) groups is 1. The highest BCUT2D eigenvalue weighted by Crippen LogP contribution is 2.31. The molecule has 1 fully saturated rings. The van der Waals surface area contributed by atoms with Gasteiger partial charge in [0.1, 0.15) is 17.4 Å². The number of benzene rings is 1. The van der Waals surface area contributed by atoms with Crippen LogP contribution in [0.15, 0.2) is 24.3 Å². The lowest BCUT2D eigenvalue weighted by molar-refractivity contribution is -0.129. The SMILES string of the molecule is COc1ccccc1C[C@H](C)Nc1nc(C2CCN(C(C)=O)CC2)nc2c1CN(C)CC2. The quantitative estimate of drug-likeness (QED) is 0.748. The van der Waals surface area contributed by atoms with Crippen LogP contribution in [0.2, 0.25) is 0 Å². The zero-order chi connectivity index (χ0) is 22.7. The van der Waals surface area contributed by atoms with Gasteiger partial charge in [0.15, 0.2) is 0 Å². The largest absolute Gasteiger partial charge is 0.496 e. The third-order valence-corrected chi connectivity index (χ3v) is 6.68. The molecule has 3 heterocycles. The second kappa shape index (κ2) is 9.86. The molecular formula is C25H35N5O2. The van der Waals surface area contributed by atoms with E-state index in [2.05, 4.69) is 36.3 Å². The summed E-state index contributed by atoms with van der Waals surface area (Å²) in [5.41, 5.74) is 3.58. The summed E-state index contributed by atoms with van der Waals surface area (Å²) < 4.78 is 5.54. The number of aromatic nitrogens is 2. The lowest BCUT2D eigenvalue weighted by Gasteiger charge is -2.32. The Balaban J connectivity index is 1.56. The molecular weight excluding hydrogens is 402 g/mol. The number of amides is 1. The van der Waals surface area contributed by atoms with E-state index in [1.54, 1.807) is 14.0 Å². The third-order valence-electron chi connectivity index (χ3n) is 6.68. The first-order valence-corrected chi connectivity index (χ1v) is 11.7. The maximum atomic E-state index is 11.7. The van der Waals surface area contributed by atoms with E-state index in [0.717, 1.165) is 69.3 Å². The monoisotopic (exact) mass is 437 g/mol. The number of carbonyl (C=O) groups excluding carboxylic acids is 1. The van der Waals surface area contributed by atoms with E-state index in [4.69, 9.17) is 14.7 Å². The first-order chi connectivity index (χ1) is 15.4. The number of rotatable bonds is 6. The topological polar surface area (TPSA) is 70.6 Å². The van der Waals surface area contributed by atoms with Crippen LogP contribution in [0.3, 0.4) is 0 Å². The van der Waals surface area contributed by atoms with Crippen molar-refractivity contribution in [3.05, 3.63) is 46.9 Å². The molecule has 1 aromatic carbocycles. The summed E-state index contributed by atoms with van der Waals surface area (Å²) >= 11 is 0. The standard InChI is InChI=1S/C25H35N5O2/c1-17(15-20-7-5-6-8-23(20)32-4)26-25-21-16-29(3)12-11-22(21)27-24(28-25)19-9-13-30(14-10-19)18(2)31/h5-8,17,19H,9-16H2,1-4H3,(H,26,27,28)/t17-/m0/s1. The minimum absolute atomic E-state index is 0.158. The van der Waals surface area contributed by atoms with E-state index in [1.807, 2.05) is 17.0 Å². The van der Waals surface area contributed by atoms with Gasteiger partial charge in [0.25, 0.3) is 0 Å². The van der Waals surface area contributed by atoms with Gasteiger partial charge in [-0.05, 0) is 44.9 Å². The normalized spacial score (nSPS) is 18.2. The molecule has 7 heteroatoms. The molecule has 0 aliphatic carbocycles. The summed E-state index contributed by atoms with van der Waals surface area (Å²) in [5.74, 6) is 3.28. The van der Waals surface area contributed by atoms with Crippen molar-refractivity contribution in [1.29, 1.82) is 0 Å². The van der Waals surface area contributed by atoms with Crippen LogP contribution in [-0.2, 0) is 24.2 Å². The minimum atomic E-state index is 0.158. The Morgan fingerprint density at radius 3 is 2.69 bits per heavy atom. The molecule has 1 atom stereocenters. The van der Waals surface area contributed by atoms with Crippen molar-refractivity contribution in [3.8, 4) is 5.75 Å². The number of likely N-dealkylation sites (N-methyl/N-ethyl adjacent to an activating group) is 1. The van der Waals surface area contributed by atoms with Crippen molar-refractivity contribution >= 4 is 11.7 Å².